The SMILES string of the molecule is CCc1ccc2c(CC(=O)Nc3ncc(C(=O)OC)s3)coc2c1. The number of rotatable bonds is 5. The molecule has 2 aromatic heterocycles. The highest BCUT2D eigenvalue weighted by Gasteiger charge is 2.14. The lowest BCUT2D eigenvalue weighted by Gasteiger charge is -2.01. The molecule has 1 aromatic carbocycles. The molecule has 0 aliphatic heterocycles. The van der Waals surface area contributed by atoms with Crippen molar-refractivity contribution in [1.82, 2.24) is 4.98 Å². The third-order valence-corrected chi connectivity index (χ3v) is 4.51. The van der Waals surface area contributed by atoms with Crippen molar-refractivity contribution >= 4 is 39.3 Å². The summed E-state index contributed by atoms with van der Waals surface area (Å²) in [4.78, 5) is 27.9. The molecule has 0 aliphatic rings. The van der Waals surface area contributed by atoms with Gasteiger partial charge in [-0.1, -0.05) is 30.4 Å². The van der Waals surface area contributed by atoms with E-state index in [1.807, 2.05) is 18.2 Å². The van der Waals surface area contributed by atoms with E-state index in [0.717, 1.165) is 34.3 Å². The number of aromatic nitrogens is 1. The molecular weight excluding hydrogens is 328 g/mol. The van der Waals surface area contributed by atoms with Crippen molar-refractivity contribution in [2.75, 3.05) is 12.4 Å². The highest BCUT2D eigenvalue weighted by molar-refractivity contribution is 7.17. The first-order valence-electron chi connectivity index (χ1n) is 7.43. The zero-order valence-electron chi connectivity index (χ0n) is 13.3. The first kappa shape index (κ1) is 16.2. The Bertz CT molecular complexity index is 897. The summed E-state index contributed by atoms with van der Waals surface area (Å²) in [6.07, 6.45) is 4.09. The highest BCUT2D eigenvalue weighted by atomic mass is 32.1. The van der Waals surface area contributed by atoms with Crippen LogP contribution in [-0.2, 0) is 22.4 Å². The second kappa shape index (κ2) is 6.84. The van der Waals surface area contributed by atoms with Crippen molar-refractivity contribution in [2.45, 2.75) is 19.8 Å². The van der Waals surface area contributed by atoms with E-state index >= 15 is 0 Å². The van der Waals surface area contributed by atoms with Crippen LogP contribution in [0.15, 0.2) is 35.1 Å². The maximum absolute atomic E-state index is 12.2. The fraction of sp³-hybridized carbons (Fsp3) is 0.235. The normalized spacial score (nSPS) is 10.8. The number of carbonyl (C=O) groups excluding carboxylic acids is 2. The highest BCUT2D eigenvalue weighted by Crippen LogP contribution is 2.24. The Hall–Kier alpha value is -2.67. The first-order chi connectivity index (χ1) is 11.6. The van der Waals surface area contributed by atoms with Crippen LogP contribution in [0.4, 0.5) is 5.13 Å². The number of amides is 1. The summed E-state index contributed by atoms with van der Waals surface area (Å²) in [5.74, 6) is -0.691. The van der Waals surface area contributed by atoms with Crippen LogP contribution in [0.1, 0.15) is 27.7 Å². The maximum Gasteiger partial charge on any atom is 0.349 e. The summed E-state index contributed by atoms with van der Waals surface area (Å²) in [5.41, 5.74) is 2.78. The second-order valence-corrected chi connectivity index (χ2v) is 6.22. The summed E-state index contributed by atoms with van der Waals surface area (Å²) in [6.45, 7) is 2.08. The molecular formula is C17H16N2O4S. The topological polar surface area (TPSA) is 81.4 Å². The summed E-state index contributed by atoms with van der Waals surface area (Å²) in [7, 11) is 1.30. The van der Waals surface area contributed by atoms with Crippen molar-refractivity contribution in [1.29, 1.82) is 0 Å². The van der Waals surface area contributed by atoms with Crippen molar-refractivity contribution < 1.29 is 18.7 Å². The standard InChI is InChI=1S/C17H16N2O4S/c1-3-10-4-5-12-11(9-23-13(12)6-10)7-15(20)19-17-18-8-14(24-17)16(21)22-2/h4-6,8-9H,3,7H2,1-2H3,(H,18,19,20). The number of anilines is 1. The number of ether oxygens (including phenoxy) is 1. The number of aryl methyl sites for hydroxylation is 1. The smallest absolute Gasteiger partial charge is 0.349 e. The van der Waals surface area contributed by atoms with Gasteiger partial charge in [-0.25, -0.2) is 9.78 Å². The number of benzene rings is 1. The van der Waals surface area contributed by atoms with Gasteiger partial charge in [-0.05, 0) is 18.1 Å². The van der Waals surface area contributed by atoms with E-state index in [2.05, 4.69) is 22.0 Å². The number of hydrogen-bond acceptors (Lipinski definition) is 6. The van der Waals surface area contributed by atoms with Crippen LogP contribution in [0.5, 0.6) is 0 Å². The van der Waals surface area contributed by atoms with Crippen LogP contribution in [0.25, 0.3) is 11.0 Å². The Balaban J connectivity index is 1.71. The van der Waals surface area contributed by atoms with E-state index in [-0.39, 0.29) is 12.3 Å². The van der Waals surface area contributed by atoms with Crippen LogP contribution < -0.4 is 5.32 Å². The second-order valence-electron chi connectivity index (χ2n) is 5.19. The predicted octanol–water partition coefficient (Wildman–Crippen LogP) is 3.42. The van der Waals surface area contributed by atoms with Gasteiger partial charge in [0.2, 0.25) is 5.91 Å². The van der Waals surface area contributed by atoms with Crippen LogP contribution >= 0.6 is 11.3 Å². The van der Waals surface area contributed by atoms with Gasteiger partial charge in [-0.15, -0.1) is 0 Å². The Kier molecular flexibility index (Phi) is 4.61. The monoisotopic (exact) mass is 344 g/mol. The average molecular weight is 344 g/mol. The molecule has 1 amide bonds. The van der Waals surface area contributed by atoms with Gasteiger partial charge in [-0.3, -0.25) is 4.79 Å². The fourth-order valence-electron chi connectivity index (χ4n) is 2.35. The van der Waals surface area contributed by atoms with Crippen LogP contribution in [0.2, 0.25) is 0 Å². The summed E-state index contributed by atoms with van der Waals surface area (Å²) < 4.78 is 10.2. The lowest BCUT2D eigenvalue weighted by molar-refractivity contribution is -0.115. The zero-order valence-corrected chi connectivity index (χ0v) is 14.1. The lowest BCUT2D eigenvalue weighted by Crippen LogP contribution is -2.13. The third-order valence-electron chi connectivity index (χ3n) is 3.62. The number of furan rings is 1. The minimum absolute atomic E-state index is 0.172. The molecule has 0 unspecified atom stereocenters. The number of esters is 1. The molecule has 0 fully saturated rings. The van der Waals surface area contributed by atoms with E-state index in [4.69, 9.17) is 4.42 Å². The number of thiazole rings is 1. The molecule has 3 aromatic rings. The van der Waals surface area contributed by atoms with Gasteiger partial charge in [0.25, 0.3) is 0 Å². The van der Waals surface area contributed by atoms with Crippen molar-refractivity contribution in [3.05, 3.63) is 46.7 Å². The molecule has 6 nitrogen and oxygen atoms in total. The fourth-order valence-corrected chi connectivity index (χ4v) is 3.10. The van der Waals surface area contributed by atoms with Crippen LogP contribution in [-0.4, -0.2) is 24.0 Å². The Morgan fingerprint density at radius 3 is 2.96 bits per heavy atom. The molecule has 0 saturated carbocycles. The molecule has 24 heavy (non-hydrogen) atoms. The Morgan fingerprint density at radius 2 is 2.21 bits per heavy atom. The first-order valence-corrected chi connectivity index (χ1v) is 8.25. The molecule has 2 heterocycles. The zero-order chi connectivity index (χ0) is 17.1. The van der Waals surface area contributed by atoms with Crippen LogP contribution in [0, 0.1) is 0 Å². The Labute approximate surface area is 142 Å². The summed E-state index contributed by atoms with van der Waals surface area (Å²) >= 11 is 1.07. The quantitative estimate of drug-likeness (QED) is 0.717. The number of hydrogen-bond donors (Lipinski definition) is 1. The van der Waals surface area contributed by atoms with Gasteiger partial charge >= 0.3 is 5.97 Å². The maximum atomic E-state index is 12.2. The molecule has 0 radical (unpaired) electrons. The van der Waals surface area contributed by atoms with Gasteiger partial charge in [0.05, 0.1) is 26.0 Å². The molecule has 3 rings (SSSR count). The average Bonchev–Trinajstić information content (AvgIpc) is 3.21. The largest absolute Gasteiger partial charge is 0.465 e. The molecule has 0 bridgehead atoms. The molecule has 0 saturated heterocycles. The van der Waals surface area contributed by atoms with Crippen molar-refractivity contribution in [2.24, 2.45) is 0 Å². The molecule has 0 aliphatic carbocycles. The van der Waals surface area contributed by atoms with Gasteiger partial charge in [0, 0.05) is 10.9 Å². The van der Waals surface area contributed by atoms with Gasteiger partial charge < -0.3 is 14.5 Å². The van der Waals surface area contributed by atoms with Gasteiger partial charge in [0.1, 0.15) is 10.5 Å². The van der Waals surface area contributed by atoms with Gasteiger partial charge in [0.15, 0.2) is 5.13 Å². The molecule has 124 valence electrons. The number of carbonyl (C=O) groups is 2. The van der Waals surface area contributed by atoms with E-state index in [0.29, 0.717) is 10.0 Å². The van der Waals surface area contributed by atoms with E-state index in [9.17, 15) is 9.59 Å². The minimum Gasteiger partial charge on any atom is -0.465 e. The summed E-state index contributed by atoms with van der Waals surface area (Å²) in [6, 6.07) is 5.99. The molecule has 7 heteroatoms. The van der Waals surface area contributed by atoms with Crippen LogP contribution in [0.3, 0.4) is 0 Å². The third kappa shape index (κ3) is 3.30. The number of nitrogens with one attached hydrogen (secondary N) is 1. The molecule has 0 spiro atoms. The predicted molar refractivity (Wildman–Crippen MR) is 91.4 cm³/mol. The minimum atomic E-state index is -0.472. The van der Waals surface area contributed by atoms with E-state index < -0.39 is 5.97 Å². The van der Waals surface area contributed by atoms with E-state index in [1.165, 1.54) is 18.9 Å². The molecule has 1 N–H and O–H groups in total. The number of nitrogens with zero attached hydrogens (tertiary/aromatic N) is 1. The Morgan fingerprint density at radius 1 is 1.38 bits per heavy atom. The lowest BCUT2D eigenvalue weighted by atomic mass is 10.1. The number of methoxy groups -OCH3 is 1. The van der Waals surface area contributed by atoms with Gasteiger partial charge in [-0.2, -0.15) is 0 Å². The van der Waals surface area contributed by atoms with Crippen molar-refractivity contribution in [3.63, 3.8) is 0 Å². The van der Waals surface area contributed by atoms with Crippen molar-refractivity contribution in [3.8, 4) is 0 Å². The molecule has 0 atom stereocenters. The number of fused-ring (bicyclic) bond motifs is 1. The van der Waals surface area contributed by atoms with E-state index in [1.54, 1.807) is 6.26 Å². The summed E-state index contributed by atoms with van der Waals surface area (Å²) in [5, 5.41) is 3.98.